The fraction of sp³-hybridized carbons (Fsp3) is 0.281. The molecule has 0 aromatic heterocycles. The average Bonchev–Trinajstić information content (AvgIpc) is 3.43. The van der Waals surface area contributed by atoms with E-state index in [1.807, 2.05) is 35.2 Å². The summed E-state index contributed by atoms with van der Waals surface area (Å²) in [5.74, 6) is 1.66. The van der Waals surface area contributed by atoms with E-state index in [-0.39, 0.29) is 17.2 Å². The topological polar surface area (TPSA) is 71.0 Å². The van der Waals surface area contributed by atoms with Gasteiger partial charge in [-0.25, -0.2) is 0 Å². The molecule has 3 aliphatic rings. The summed E-state index contributed by atoms with van der Waals surface area (Å²) in [7, 11) is 1.55. The van der Waals surface area contributed by atoms with Gasteiger partial charge in [0.1, 0.15) is 11.5 Å². The van der Waals surface area contributed by atoms with Crippen LogP contribution in [0.2, 0.25) is 0 Å². The zero-order valence-electron chi connectivity index (χ0n) is 22.5. The van der Waals surface area contributed by atoms with Crippen molar-refractivity contribution in [2.75, 3.05) is 25.5 Å². The van der Waals surface area contributed by atoms with Crippen molar-refractivity contribution in [2.45, 2.75) is 39.2 Å². The van der Waals surface area contributed by atoms with Crippen LogP contribution in [0.25, 0.3) is 28.5 Å². The molecule has 3 aliphatic heterocycles. The number of amides is 1. The van der Waals surface area contributed by atoms with Gasteiger partial charge in [0.25, 0.3) is 5.91 Å². The van der Waals surface area contributed by atoms with E-state index >= 15 is 0 Å². The number of nitrogens with one attached hydrogen (secondary N) is 1. The predicted molar refractivity (Wildman–Crippen MR) is 159 cm³/mol. The van der Waals surface area contributed by atoms with Crippen LogP contribution in [0.4, 0.5) is 5.69 Å². The lowest BCUT2D eigenvalue weighted by atomic mass is 9.82. The summed E-state index contributed by atoms with van der Waals surface area (Å²) in [6.07, 6.45) is 6.23. The molecule has 1 amide bonds. The quantitative estimate of drug-likeness (QED) is 0.331. The largest absolute Gasteiger partial charge is 0.504 e. The first-order valence-corrected chi connectivity index (χ1v) is 14.0. The number of carbonyl (C=O) groups is 1. The molecule has 0 spiro atoms. The Morgan fingerprint density at radius 1 is 1.10 bits per heavy atom. The highest BCUT2D eigenvalue weighted by molar-refractivity contribution is 9.10. The number of phenols is 1. The number of hydrogen-bond acceptors (Lipinski definition) is 5. The molecule has 3 heterocycles. The van der Waals surface area contributed by atoms with Crippen molar-refractivity contribution in [2.24, 2.45) is 0 Å². The summed E-state index contributed by atoms with van der Waals surface area (Å²) in [4.78, 5) is 15.4. The van der Waals surface area contributed by atoms with Crippen molar-refractivity contribution >= 4 is 44.9 Å². The van der Waals surface area contributed by atoms with Crippen LogP contribution in [-0.2, 0) is 0 Å². The Labute approximate surface area is 237 Å². The van der Waals surface area contributed by atoms with Gasteiger partial charge in [0.15, 0.2) is 11.5 Å². The number of halogens is 1. The number of allylic oxidation sites excluding steroid dienone is 1. The Kier molecular flexibility index (Phi) is 6.22. The Hall–Kier alpha value is -3.71. The molecule has 6 nitrogen and oxygen atoms in total. The number of hydrogen-bond donors (Lipinski definition) is 2. The van der Waals surface area contributed by atoms with Gasteiger partial charge in [-0.3, -0.25) is 4.79 Å². The number of likely N-dealkylation sites (tertiary alicyclic amines) is 1. The SMILES string of the molecule is COc1c(O)ccc2c1-c1ccc3c(c1C(=Cc1cc(Br)ccc1C(=O)N1CCCC1)O2)C(C)=CC(C)(C)N3. The van der Waals surface area contributed by atoms with E-state index in [2.05, 4.69) is 54.2 Å². The standard InChI is InChI=1S/C32H31BrN2O4/c1-18-17-32(2,3)34-23-10-9-22-28(27(18)23)26(39-25-12-11-24(36)30(38-4)29(22)25)16-19-15-20(33)7-8-21(19)31(37)35-13-5-6-14-35/h7-12,15-17,34,36H,5-6,13-14H2,1-4H3. The number of nitrogens with zero attached hydrogens (tertiary/aromatic N) is 1. The van der Waals surface area contributed by atoms with E-state index in [9.17, 15) is 9.90 Å². The monoisotopic (exact) mass is 586 g/mol. The van der Waals surface area contributed by atoms with Gasteiger partial charge in [0.05, 0.1) is 18.2 Å². The smallest absolute Gasteiger partial charge is 0.254 e. The molecule has 0 bridgehead atoms. The van der Waals surface area contributed by atoms with Crippen LogP contribution in [0.3, 0.4) is 0 Å². The molecule has 0 atom stereocenters. The number of fused-ring (bicyclic) bond motifs is 5. The number of rotatable bonds is 3. The summed E-state index contributed by atoms with van der Waals surface area (Å²) < 4.78 is 13.1. The molecule has 0 unspecified atom stereocenters. The predicted octanol–water partition coefficient (Wildman–Crippen LogP) is 7.56. The van der Waals surface area contributed by atoms with Crippen LogP contribution >= 0.6 is 15.9 Å². The molecule has 0 aliphatic carbocycles. The van der Waals surface area contributed by atoms with Crippen LogP contribution in [0, 0.1) is 0 Å². The molecular weight excluding hydrogens is 556 g/mol. The molecule has 2 N–H and O–H groups in total. The molecule has 39 heavy (non-hydrogen) atoms. The fourth-order valence-corrected chi connectivity index (χ4v) is 6.41. The maximum atomic E-state index is 13.5. The molecule has 3 aromatic carbocycles. The van der Waals surface area contributed by atoms with Gasteiger partial charge in [0, 0.05) is 45.5 Å². The van der Waals surface area contributed by atoms with Gasteiger partial charge >= 0.3 is 0 Å². The second kappa shape index (κ2) is 9.49. The first-order chi connectivity index (χ1) is 18.7. The fourth-order valence-electron chi connectivity index (χ4n) is 6.03. The second-order valence-corrected chi connectivity index (χ2v) is 11.8. The Morgan fingerprint density at radius 3 is 2.62 bits per heavy atom. The molecule has 6 rings (SSSR count). The van der Waals surface area contributed by atoms with Crippen LogP contribution in [0.1, 0.15) is 60.7 Å². The lowest BCUT2D eigenvalue weighted by Gasteiger charge is -2.35. The molecule has 7 heteroatoms. The first kappa shape index (κ1) is 25.6. The minimum atomic E-state index is -0.210. The third kappa shape index (κ3) is 4.39. The first-order valence-electron chi connectivity index (χ1n) is 13.2. The zero-order valence-corrected chi connectivity index (χ0v) is 24.1. The normalized spacial score (nSPS) is 17.9. The van der Waals surface area contributed by atoms with Crippen molar-refractivity contribution in [3.05, 3.63) is 75.3 Å². The molecule has 1 fully saturated rings. The number of aromatic hydroxyl groups is 1. The number of phenolic OH excluding ortho intramolecular Hbond substituents is 1. The second-order valence-electron chi connectivity index (χ2n) is 10.9. The maximum absolute atomic E-state index is 13.5. The number of anilines is 1. The summed E-state index contributed by atoms with van der Waals surface area (Å²) in [5, 5.41) is 14.3. The van der Waals surface area contributed by atoms with Gasteiger partial charge in [-0.1, -0.05) is 28.1 Å². The highest BCUT2D eigenvalue weighted by Gasteiger charge is 2.34. The van der Waals surface area contributed by atoms with E-state index in [0.29, 0.717) is 28.4 Å². The minimum absolute atomic E-state index is 0.0319. The zero-order chi connectivity index (χ0) is 27.5. The highest BCUT2D eigenvalue weighted by atomic mass is 79.9. The lowest BCUT2D eigenvalue weighted by Crippen LogP contribution is -2.32. The number of methoxy groups -OCH3 is 1. The van der Waals surface area contributed by atoms with E-state index in [0.717, 1.165) is 63.9 Å². The number of benzene rings is 3. The van der Waals surface area contributed by atoms with Crippen molar-refractivity contribution in [3.63, 3.8) is 0 Å². The number of carbonyl (C=O) groups excluding carboxylic acids is 1. The van der Waals surface area contributed by atoms with Gasteiger partial charge < -0.3 is 24.8 Å². The third-order valence-corrected chi connectivity index (χ3v) is 8.09. The van der Waals surface area contributed by atoms with E-state index in [1.165, 1.54) is 0 Å². The van der Waals surface area contributed by atoms with Crippen molar-refractivity contribution < 1.29 is 19.4 Å². The van der Waals surface area contributed by atoms with Crippen LogP contribution in [0.5, 0.6) is 17.2 Å². The van der Waals surface area contributed by atoms with Gasteiger partial charge in [-0.2, -0.15) is 0 Å². The molecule has 0 saturated carbocycles. The van der Waals surface area contributed by atoms with Crippen molar-refractivity contribution in [1.29, 1.82) is 0 Å². The lowest BCUT2D eigenvalue weighted by molar-refractivity contribution is 0.0792. The molecule has 1 saturated heterocycles. The summed E-state index contributed by atoms with van der Waals surface area (Å²) in [6.45, 7) is 7.94. The molecule has 3 aromatic rings. The van der Waals surface area contributed by atoms with E-state index in [1.54, 1.807) is 19.2 Å². The summed E-state index contributed by atoms with van der Waals surface area (Å²) >= 11 is 3.60. The summed E-state index contributed by atoms with van der Waals surface area (Å²) in [5.41, 5.74) is 6.83. The minimum Gasteiger partial charge on any atom is -0.504 e. The third-order valence-electron chi connectivity index (χ3n) is 7.60. The van der Waals surface area contributed by atoms with E-state index in [4.69, 9.17) is 9.47 Å². The molecule has 200 valence electrons. The molecular formula is C32H31BrN2O4. The maximum Gasteiger partial charge on any atom is 0.254 e. The summed E-state index contributed by atoms with van der Waals surface area (Å²) in [6, 6.07) is 13.2. The number of ether oxygens (including phenoxy) is 2. The van der Waals surface area contributed by atoms with Gasteiger partial charge in [-0.15, -0.1) is 0 Å². The van der Waals surface area contributed by atoms with Crippen molar-refractivity contribution in [1.82, 2.24) is 4.90 Å². The van der Waals surface area contributed by atoms with Crippen LogP contribution in [-0.4, -0.2) is 41.7 Å². The Balaban J connectivity index is 1.61. The molecule has 0 radical (unpaired) electrons. The van der Waals surface area contributed by atoms with E-state index < -0.39 is 0 Å². The van der Waals surface area contributed by atoms with Crippen LogP contribution in [0.15, 0.2) is 53.0 Å². The van der Waals surface area contributed by atoms with Crippen LogP contribution < -0.4 is 14.8 Å². The average molecular weight is 588 g/mol. The van der Waals surface area contributed by atoms with Gasteiger partial charge in [-0.05, 0) is 87.2 Å². The van der Waals surface area contributed by atoms with Gasteiger partial charge in [0.2, 0.25) is 0 Å². The highest BCUT2D eigenvalue weighted by Crippen LogP contribution is 2.54. The Morgan fingerprint density at radius 2 is 1.87 bits per heavy atom. The van der Waals surface area contributed by atoms with Crippen molar-refractivity contribution in [3.8, 4) is 28.4 Å². The Bertz CT molecular complexity index is 1580.